The molecule has 0 amide bonds. The molecule has 9 heteroatoms. The molecule has 1 aromatic carbocycles. The van der Waals surface area contributed by atoms with Crippen LogP contribution in [0.2, 0.25) is 5.02 Å². The van der Waals surface area contributed by atoms with Gasteiger partial charge in [-0.15, -0.1) is 0 Å². The van der Waals surface area contributed by atoms with Crippen molar-refractivity contribution >= 4 is 29.4 Å². The second-order valence-electron chi connectivity index (χ2n) is 8.02. The van der Waals surface area contributed by atoms with E-state index in [0.29, 0.717) is 30.9 Å². The zero-order chi connectivity index (χ0) is 22.2. The summed E-state index contributed by atoms with van der Waals surface area (Å²) in [6, 6.07) is 7.75. The van der Waals surface area contributed by atoms with Gasteiger partial charge in [0.2, 0.25) is 17.8 Å². The van der Waals surface area contributed by atoms with Crippen molar-refractivity contribution in [1.82, 2.24) is 24.9 Å². The predicted octanol–water partition coefficient (Wildman–Crippen LogP) is 4.62. The quantitative estimate of drug-likeness (QED) is 0.536. The molecule has 32 heavy (non-hydrogen) atoms. The molecule has 1 fully saturated rings. The molecule has 0 spiro atoms. The Kier molecular flexibility index (Phi) is 7.66. The lowest BCUT2D eigenvalue weighted by Crippen LogP contribution is -2.29. The van der Waals surface area contributed by atoms with Crippen molar-refractivity contribution in [3.8, 4) is 0 Å². The molecule has 4 rings (SSSR count). The van der Waals surface area contributed by atoms with E-state index in [4.69, 9.17) is 21.6 Å². The number of rotatable bonds is 7. The van der Waals surface area contributed by atoms with Crippen LogP contribution in [0.5, 0.6) is 0 Å². The predicted molar refractivity (Wildman–Crippen MR) is 128 cm³/mol. The van der Waals surface area contributed by atoms with Gasteiger partial charge in [0, 0.05) is 30.9 Å². The third-order valence-corrected chi connectivity index (χ3v) is 5.64. The van der Waals surface area contributed by atoms with Crippen molar-refractivity contribution in [3.63, 3.8) is 0 Å². The molecule has 0 bridgehead atoms. The Bertz CT molecular complexity index is 918. The van der Waals surface area contributed by atoms with E-state index < -0.39 is 0 Å². The number of hydrogen-bond acceptors (Lipinski definition) is 8. The van der Waals surface area contributed by atoms with Gasteiger partial charge in [-0.3, -0.25) is 9.97 Å². The summed E-state index contributed by atoms with van der Waals surface area (Å²) in [5.41, 5.74) is 2.83. The highest BCUT2D eigenvalue weighted by molar-refractivity contribution is 6.30. The maximum absolute atomic E-state index is 6.00. The Hall–Kier alpha value is -3.00. The third-order valence-electron chi connectivity index (χ3n) is 5.39. The second-order valence-corrected chi connectivity index (χ2v) is 8.46. The Balaban J connectivity index is 1.52. The van der Waals surface area contributed by atoms with Crippen LogP contribution in [0.3, 0.4) is 0 Å². The van der Waals surface area contributed by atoms with Gasteiger partial charge >= 0.3 is 0 Å². The standard InChI is InChI=1S/C23H29ClN8/c1-17-13-26-20(15-25-17)16-28-22-29-21(27-14-18-7-9-19(24)10-8-18)30-23(31-22)32-11-5-3-2-4-6-12-32/h7-10,13,15H,2-6,11-12,14,16H2,1H3,(H2,27,28,29,30,31). The lowest BCUT2D eigenvalue weighted by molar-refractivity contribution is 0.550. The highest BCUT2D eigenvalue weighted by Crippen LogP contribution is 2.19. The van der Waals surface area contributed by atoms with Crippen molar-refractivity contribution in [1.29, 1.82) is 0 Å². The molecule has 1 aliphatic heterocycles. The number of halogens is 1. The fourth-order valence-corrected chi connectivity index (χ4v) is 3.70. The second kappa shape index (κ2) is 11.0. The SMILES string of the molecule is Cc1cnc(CNc2nc(NCc3ccc(Cl)cc3)nc(N3CCCCCCC3)n2)cn1. The topological polar surface area (TPSA) is 91.8 Å². The molecule has 0 aliphatic carbocycles. The average Bonchev–Trinajstić information content (AvgIpc) is 2.78. The van der Waals surface area contributed by atoms with Gasteiger partial charge < -0.3 is 15.5 Å². The summed E-state index contributed by atoms with van der Waals surface area (Å²) >= 11 is 6.00. The molecule has 168 valence electrons. The molecule has 1 aliphatic rings. The molecule has 2 N–H and O–H groups in total. The lowest BCUT2D eigenvalue weighted by atomic mass is 10.1. The van der Waals surface area contributed by atoms with E-state index in [-0.39, 0.29) is 0 Å². The van der Waals surface area contributed by atoms with Gasteiger partial charge in [-0.05, 0) is 37.5 Å². The Morgan fingerprint density at radius 2 is 1.47 bits per heavy atom. The summed E-state index contributed by atoms with van der Waals surface area (Å²) < 4.78 is 0. The fourth-order valence-electron chi connectivity index (χ4n) is 3.58. The number of aryl methyl sites for hydroxylation is 1. The average molecular weight is 453 g/mol. The molecule has 3 heterocycles. The van der Waals surface area contributed by atoms with Crippen LogP contribution in [0.4, 0.5) is 17.8 Å². The van der Waals surface area contributed by atoms with Crippen molar-refractivity contribution < 1.29 is 0 Å². The zero-order valence-corrected chi connectivity index (χ0v) is 19.1. The van der Waals surface area contributed by atoms with E-state index in [1.54, 1.807) is 12.4 Å². The largest absolute Gasteiger partial charge is 0.350 e. The normalized spacial score (nSPS) is 14.5. The monoisotopic (exact) mass is 452 g/mol. The maximum atomic E-state index is 6.00. The van der Waals surface area contributed by atoms with Crippen LogP contribution in [0.15, 0.2) is 36.7 Å². The zero-order valence-electron chi connectivity index (χ0n) is 18.4. The number of benzene rings is 1. The smallest absolute Gasteiger partial charge is 0.231 e. The van der Waals surface area contributed by atoms with Gasteiger partial charge in [0.15, 0.2) is 0 Å². The van der Waals surface area contributed by atoms with Gasteiger partial charge in [-0.25, -0.2) is 0 Å². The first-order chi connectivity index (χ1) is 15.7. The molecule has 0 atom stereocenters. The molecular weight excluding hydrogens is 424 g/mol. The minimum absolute atomic E-state index is 0.493. The van der Waals surface area contributed by atoms with E-state index in [0.717, 1.165) is 47.9 Å². The molecular formula is C23H29ClN8. The first-order valence-electron chi connectivity index (χ1n) is 11.2. The minimum Gasteiger partial charge on any atom is -0.350 e. The fraction of sp³-hybridized carbons (Fsp3) is 0.435. The summed E-state index contributed by atoms with van der Waals surface area (Å²) in [4.78, 5) is 25.0. The first kappa shape index (κ1) is 22.2. The number of aromatic nitrogens is 5. The van der Waals surface area contributed by atoms with Crippen molar-refractivity contribution in [2.75, 3.05) is 28.6 Å². The van der Waals surface area contributed by atoms with Crippen LogP contribution in [0, 0.1) is 6.92 Å². The van der Waals surface area contributed by atoms with Gasteiger partial charge in [0.05, 0.1) is 24.1 Å². The first-order valence-corrected chi connectivity index (χ1v) is 11.5. The van der Waals surface area contributed by atoms with Gasteiger partial charge in [-0.1, -0.05) is 43.0 Å². The highest BCUT2D eigenvalue weighted by atomic mass is 35.5. The Morgan fingerprint density at radius 1 is 0.812 bits per heavy atom. The lowest BCUT2D eigenvalue weighted by Gasteiger charge is -2.25. The summed E-state index contributed by atoms with van der Waals surface area (Å²) in [5, 5.41) is 7.34. The Morgan fingerprint density at radius 3 is 2.12 bits per heavy atom. The van der Waals surface area contributed by atoms with E-state index in [1.165, 1.54) is 19.3 Å². The summed E-state index contributed by atoms with van der Waals surface area (Å²) in [6.45, 7) is 4.94. The minimum atomic E-state index is 0.493. The highest BCUT2D eigenvalue weighted by Gasteiger charge is 2.15. The van der Waals surface area contributed by atoms with Crippen molar-refractivity contribution in [2.45, 2.75) is 52.1 Å². The van der Waals surface area contributed by atoms with E-state index in [2.05, 4.69) is 30.5 Å². The van der Waals surface area contributed by atoms with E-state index in [9.17, 15) is 0 Å². The third kappa shape index (κ3) is 6.50. The van der Waals surface area contributed by atoms with Crippen molar-refractivity contribution in [3.05, 3.63) is 58.6 Å². The molecule has 0 saturated carbocycles. The molecule has 2 aromatic heterocycles. The number of nitrogens with zero attached hydrogens (tertiary/aromatic N) is 6. The van der Waals surface area contributed by atoms with Crippen molar-refractivity contribution in [2.24, 2.45) is 0 Å². The van der Waals surface area contributed by atoms with Crippen LogP contribution in [-0.4, -0.2) is 38.0 Å². The van der Waals surface area contributed by atoms with E-state index >= 15 is 0 Å². The molecule has 1 saturated heterocycles. The summed E-state index contributed by atoms with van der Waals surface area (Å²) in [7, 11) is 0. The molecule has 0 unspecified atom stereocenters. The summed E-state index contributed by atoms with van der Waals surface area (Å²) in [5.74, 6) is 1.78. The number of nitrogens with one attached hydrogen (secondary N) is 2. The number of anilines is 3. The van der Waals surface area contributed by atoms with Crippen LogP contribution in [-0.2, 0) is 13.1 Å². The van der Waals surface area contributed by atoms with Crippen LogP contribution >= 0.6 is 11.6 Å². The van der Waals surface area contributed by atoms with Gasteiger partial charge in [0.1, 0.15) is 0 Å². The van der Waals surface area contributed by atoms with Gasteiger partial charge in [0.25, 0.3) is 0 Å². The van der Waals surface area contributed by atoms with E-state index in [1.807, 2.05) is 31.2 Å². The number of hydrogen-bond donors (Lipinski definition) is 2. The molecule has 3 aromatic rings. The van der Waals surface area contributed by atoms with Crippen LogP contribution < -0.4 is 15.5 Å². The summed E-state index contributed by atoms with van der Waals surface area (Å²) in [6.07, 6.45) is 9.64. The molecule has 0 radical (unpaired) electrons. The van der Waals surface area contributed by atoms with Gasteiger partial charge in [-0.2, -0.15) is 15.0 Å². The maximum Gasteiger partial charge on any atom is 0.231 e. The molecule has 8 nitrogen and oxygen atoms in total. The Labute approximate surface area is 193 Å². The van der Waals surface area contributed by atoms with Crippen LogP contribution in [0.25, 0.3) is 0 Å². The van der Waals surface area contributed by atoms with Crippen LogP contribution in [0.1, 0.15) is 49.1 Å².